The SMILES string of the molecule is CCNC(=O)CN(C)S(=O)(=O)CCOc1ccccc1N. The number of nitrogens with one attached hydrogen (secondary N) is 1. The number of likely N-dealkylation sites (N-methyl/N-ethyl adjacent to an activating group) is 2. The molecule has 0 saturated heterocycles. The lowest BCUT2D eigenvalue weighted by atomic mass is 10.3. The van der Waals surface area contributed by atoms with Gasteiger partial charge in [-0.2, -0.15) is 4.31 Å². The maximum atomic E-state index is 12.0. The number of anilines is 1. The highest BCUT2D eigenvalue weighted by molar-refractivity contribution is 7.89. The van der Waals surface area contributed by atoms with Gasteiger partial charge < -0.3 is 15.8 Å². The summed E-state index contributed by atoms with van der Waals surface area (Å²) in [5.41, 5.74) is 6.14. The highest BCUT2D eigenvalue weighted by Crippen LogP contribution is 2.19. The molecular weight excluding hydrogens is 294 g/mol. The third-order valence-electron chi connectivity index (χ3n) is 2.73. The van der Waals surface area contributed by atoms with E-state index in [-0.39, 0.29) is 24.8 Å². The van der Waals surface area contributed by atoms with Crippen LogP contribution in [0.3, 0.4) is 0 Å². The van der Waals surface area contributed by atoms with Gasteiger partial charge in [-0.25, -0.2) is 8.42 Å². The topological polar surface area (TPSA) is 102 Å². The maximum absolute atomic E-state index is 12.0. The van der Waals surface area contributed by atoms with Crippen molar-refractivity contribution in [3.63, 3.8) is 0 Å². The molecule has 0 bridgehead atoms. The van der Waals surface area contributed by atoms with Gasteiger partial charge in [0.1, 0.15) is 12.4 Å². The predicted octanol–water partition coefficient (Wildman–Crippen LogP) is 0.0453. The van der Waals surface area contributed by atoms with E-state index in [1.165, 1.54) is 7.05 Å². The van der Waals surface area contributed by atoms with Gasteiger partial charge in [0.2, 0.25) is 15.9 Å². The Bertz CT molecular complexity index is 575. The van der Waals surface area contributed by atoms with Crippen molar-refractivity contribution < 1.29 is 17.9 Å². The van der Waals surface area contributed by atoms with Gasteiger partial charge >= 0.3 is 0 Å². The molecule has 0 aliphatic carbocycles. The molecule has 1 aromatic carbocycles. The van der Waals surface area contributed by atoms with E-state index in [1.54, 1.807) is 31.2 Å². The summed E-state index contributed by atoms with van der Waals surface area (Å²) < 4.78 is 30.3. The molecule has 0 unspecified atom stereocenters. The van der Waals surface area contributed by atoms with Gasteiger partial charge in [-0.15, -0.1) is 0 Å². The summed E-state index contributed by atoms with van der Waals surface area (Å²) in [5.74, 6) is -0.118. The van der Waals surface area contributed by atoms with E-state index in [2.05, 4.69) is 5.32 Å². The van der Waals surface area contributed by atoms with Crippen molar-refractivity contribution in [3.8, 4) is 5.75 Å². The Morgan fingerprint density at radius 2 is 2.05 bits per heavy atom. The molecule has 0 saturated carbocycles. The van der Waals surface area contributed by atoms with Crippen molar-refractivity contribution in [3.05, 3.63) is 24.3 Å². The van der Waals surface area contributed by atoms with E-state index in [0.717, 1.165) is 4.31 Å². The Hall–Kier alpha value is -1.80. The molecule has 7 nitrogen and oxygen atoms in total. The quantitative estimate of drug-likeness (QED) is 0.660. The molecule has 0 heterocycles. The first-order valence-corrected chi connectivity index (χ1v) is 8.15. The van der Waals surface area contributed by atoms with Gasteiger partial charge in [0.05, 0.1) is 18.0 Å². The molecule has 0 fully saturated rings. The number of ether oxygens (including phenoxy) is 1. The van der Waals surface area contributed by atoms with Crippen molar-refractivity contribution in [1.29, 1.82) is 0 Å². The Balaban J connectivity index is 2.49. The average molecular weight is 315 g/mol. The molecule has 3 N–H and O–H groups in total. The van der Waals surface area contributed by atoms with Gasteiger partial charge in [0, 0.05) is 13.6 Å². The third kappa shape index (κ3) is 5.60. The zero-order valence-corrected chi connectivity index (χ0v) is 13.0. The molecule has 0 aromatic heterocycles. The largest absolute Gasteiger partial charge is 0.490 e. The number of nitrogens with two attached hydrogens (primary N) is 1. The first kappa shape index (κ1) is 17.3. The van der Waals surface area contributed by atoms with E-state index >= 15 is 0 Å². The Kier molecular flexibility index (Phi) is 6.44. The summed E-state index contributed by atoms with van der Waals surface area (Å²) >= 11 is 0. The van der Waals surface area contributed by atoms with E-state index in [0.29, 0.717) is 18.0 Å². The molecule has 1 aromatic rings. The number of para-hydroxylation sites is 2. The monoisotopic (exact) mass is 315 g/mol. The first-order valence-electron chi connectivity index (χ1n) is 6.55. The van der Waals surface area contributed by atoms with Crippen LogP contribution in [0.2, 0.25) is 0 Å². The minimum absolute atomic E-state index is 0.0315. The van der Waals surface area contributed by atoms with Crippen LogP contribution in [-0.4, -0.2) is 51.1 Å². The third-order valence-corrected chi connectivity index (χ3v) is 4.49. The number of sulfonamides is 1. The molecule has 8 heteroatoms. The van der Waals surface area contributed by atoms with Crippen LogP contribution in [0, 0.1) is 0 Å². The number of hydrogen-bond donors (Lipinski definition) is 2. The average Bonchev–Trinajstić information content (AvgIpc) is 2.41. The van der Waals surface area contributed by atoms with Crippen LogP contribution in [0.25, 0.3) is 0 Å². The molecule has 0 atom stereocenters. The lowest BCUT2D eigenvalue weighted by Crippen LogP contribution is -2.40. The van der Waals surface area contributed by atoms with Crippen LogP contribution in [0.4, 0.5) is 5.69 Å². The molecule has 118 valence electrons. The predicted molar refractivity (Wildman–Crippen MR) is 81.4 cm³/mol. The summed E-state index contributed by atoms with van der Waals surface area (Å²) in [6.45, 7) is 1.99. The number of carbonyl (C=O) groups excluding carboxylic acids is 1. The Morgan fingerprint density at radius 1 is 1.38 bits per heavy atom. The van der Waals surface area contributed by atoms with Gasteiger partial charge in [0.25, 0.3) is 0 Å². The van der Waals surface area contributed by atoms with Crippen LogP contribution in [-0.2, 0) is 14.8 Å². The number of benzene rings is 1. The van der Waals surface area contributed by atoms with Gasteiger partial charge in [-0.05, 0) is 19.1 Å². The van der Waals surface area contributed by atoms with Gasteiger partial charge in [-0.3, -0.25) is 4.79 Å². The maximum Gasteiger partial charge on any atom is 0.235 e. The summed E-state index contributed by atoms with van der Waals surface area (Å²) in [6, 6.07) is 6.85. The molecule has 0 aliphatic heterocycles. The van der Waals surface area contributed by atoms with Crippen LogP contribution in [0.5, 0.6) is 5.75 Å². The number of nitrogens with zero attached hydrogens (tertiary/aromatic N) is 1. The second-order valence-electron chi connectivity index (χ2n) is 4.41. The standard InChI is InChI=1S/C13H21N3O4S/c1-3-15-13(17)10-16(2)21(18,19)9-8-20-12-7-5-4-6-11(12)14/h4-7H,3,8-10,14H2,1-2H3,(H,15,17). The Labute approximate surface area is 125 Å². The van der Waals surface area contributed by atoms with Crippen molar-refractivity contribution in [2.45, 2.75) is 6.92 Å². The van der Waals surface area contributed by atoms with Crippen LogP contribution >= 0.6 is 0 Å². The highest BCUT2D eigenvalue weighted by atomic mass is 32.2. The fourth-order valence-electron chi connectivity index (χ4n) is 1.58. The smallest absolute Gasteiger partial charge is 0.235 e. The lowest BCUT2D eigenvalue weighted by Gasteiger charge is -2.17. The van der Waals surface area contributed by atoms with Crippen LogP contribution < -0.4 is 15.8 Å². The number of nitrogen functional groups attached to an aromatic ring is 1. The molecule has 1 rings (SSSR count). The van der Waals surface area contributed by atoms with Crippen molar-refractivity contribution in [2.75, 3.05) is 38.2 Å². The highest BCUT2D eigenvalue weighted by Gasteiger charge is 2.20. The van der Waals surface area contributed by atoms with Gasteiger partial charge in [-0.1, -0.05) is 12.1 Å². The van der Waals surface area contributed by atoms with Crippen LogP contribution in [0.15, 0.2) is 24.3 Å². The minimum Gasteiger partial charge on any atom is -0.490 e. The Morgan fingerprint density at radius 3 is 2.67 bits per heavy atom. The summed E-state index contributed by atoms with van der Waals surface area (Å²) in [7, 11) is -2.19. The minimum atomic E-state index is -3.55. The summed E-state index contributed by atoms with van der Waals surface area (Å²) in [5, 5.41) is 2.55. The summed E-state index contributed by atoms with van der Waals surface area (Å²) in [6.07, 6.45) is 0. The summed E-state index contributed by atoms with van der Waals surface area (Å²) in [4.78, 5) is 11.4. The molecule has 21 heavy (non-hydrogen) atoms. The molecule has 0 aliphatic rings. The van der Waals surface area contributed by atoms with Crippen molar-refractivity contribution in [2.24, 2.45) is 0 Å². The van der Waals surface area contributed by atoms with E-state index < -0.39 is 10.0 Å². The number of hydrogen-bond acceptors (Lipinski definition) is 5. The number of amides is 1. The zero-order valence-electron chi connectivity index (χ0n) is 12.2. The number of rotatable bonds is 8. The first-order chi connectivity index (χ1) is 9.86. The van der Waals surface area contributed by atoms with E-state index in [4.69, 9.17) is 10.5 Å². The molecular formula is C13H21N3O4S. The number of carbonyl (C=O) groups is 1. The molecule has 0 spiro atoms. The molecule has 1 amide bonds. The second-order valence-corrected chi connectivity index (χ2v) is 6.61. The van der Waals surface area contributed by atoms with Crippen LogP contribution in [0.1, 0.15) is 6.92 Å². The lowest BCUT2D eigenvalue weighted by molar-refractivity contribution is -0.121. The van der Waals surface area contributed by atoms with Crippen molar-refractivity contribution in [1.82, 2.24) is 9.62 Å². The normalized spacial score (nSPS) is 11.4. The molecule has 0 radical (unpaired) electrons. The van der Waals surface area contributed by atoms with E-state index in [9.17, 15) is 13.2 Å². The fraction of sp³-hybridized carbons (Fsp3) is 0.462. The second kappa shape index (κ2) is 7.84. The zero-order chi connectivity index (χ0) is 15.9. The van der Waals surface area contributed by atoms with E-state index in [1.807, 2.05) is 0 Å². The fourth-order valence-corrected chi connectivity index (χ4v) is 2.50. The van der Waals surface area contributed by atoms with Gasteiger partial charge in [0.15, 0.2) is 0 Å². The van der Waals surface area contributed by atoms with Crippen molar-refractivity contribution >= 4 is 21.6 Å².